The van der Waals surface area contributed by atoms with Crippen LogP contribution in [0.5, 0.6) is 11.5 Å². The van der Waals surface area contributed by atoms with E-state index in [1.165, 1.54) is 24.3 Å². The van der Waals surface area contributed by atoms with Crippen molar-refractivity contribution in [1.29, 1.82) is 0 Å². The first-order chi connectivity index (χ1) is 12.5. The molecule has 0 bridgehead atoms. The van der Waals surface area contributed by atoms with Gasteiger partial charge in [-0.3, -0.25) is 0 Å². The molecule has 0 unspecified atom stereocenters. The zero-order chi connectivity index (χ0) is 18.1. The fourth-order valence-corrected chi connectivity index (χ4v) is 3.57. The summed E-state index contributed by atoms with van der Waals surface area (Å²) in [4.78, 5) is 0.123. The molecule has 1 aliphatic heterocycles. The molecule has 0 radical (unpaired) electrons. The molecule has 26 heavy (non-hydrogen) atoms. The largest absolute Gasteiger partial charge is 0.454 e. The van der Waals surface area contributed by atoms with Gasteiger partial charge >= 0.3 is 0 Å². The first-order valence-corrected chi connectivity index (χ1v) is 9.48. The number of nitrogens with zero attached hydrogens (tertiary/aromatic N) is 1. The summed E-state index contributed by atoms with van der Waals surface area (Å²) in [6, 6.07) is 13.0. The molecule has 0 amide bonds. The lowest BCUT2D eigenvalue weighted by molar-refractivity contribution is 0.174. The zero-order valence-corrected chi connectivity index (χ0v) is 14.9. The molecule has 0 aliphatic carbocycles. The van der Waals surface area contributed by atoms with Gasteiger partial charge in [0.25, 0.3) is 0 Å². The van der Waals surface area contributed by atoms with Crippen molar-refractivity contribution in [1.82, 2.24) is 9.88 Å². The molecule has 0 saturated heterocycles. The van der Waals surface area contributed by atoms with E-state index in [1.54, 1.807) is 18.2 Å². The van der Waals surface area contributed by atoms with Crippen molar-refractivity contribution >= 4 is 21.6 Å². The van der Waals surface area contributed by atoms with Gasteiger partial charge in [-0.25, -0.2) is 13.1 Å². The van der Waals surface area contributed by atoms with Crippen molar-refractivity contribution in [2.24, 2.45) is 0 Å². The average Bonchev–Trinajstić information content (AvgIpc) is 3.29. The maximum atomic E-state index is 12.3. The van der Waals surface area contributed by atoms with Crippen LogP contribution in [0.25, 0.3) is 11.3 Å². The number of aromatic nitrogens is 1. The van der Waals surface area contributed by atoms with Crippen LogP contribution in [0.15, 0.2) is 57.9 Å². The number of rotatable bonds is 5. The summed E-state index contributed by atoms with van der Waals surface area (Å²) in [6.45, 7) is 0.165. The smallest absolute Gasteiger partial charge is 0.240 e. The van der Waals surface area contributed by atoms with E-state index in [0.717, 1.165) is 5.56 Å². The summed E-state index contributed by atoms with van der Waals surface area (Å²) in [5, 5.41) is 4.44. The van der Waals surface area contributed by atoms with Gasteiger partial charge in [-0.1, -0.05) is 16.8 Å². The third-order valence-corrected chi connectivity index (χ3v) is 5.46. The molecule has 0 spiro atoms. The third-order valence-electron chi connectivity index (χ3n) is 3.79. The lowest BCUT2D eigenvalue weighted by Crippen LogP contribution is -2.22. The summed E-state index contributed by atoms with van der Waals surface area (Å²) < 4.78 is 42.8. The van der Waals surface area contributed by atoms with Gasteiger partial charge in [-0.2, -0.15) is 0 Å². The normalized spacial score (nSPS) is 13.1. The van der Waals surface area contributed by atoms with Crippen LogP contribution in [0, 0.1) is 0 Å². The second-order valence-corrected chi connectivity index (χ2v) is 7.73. The monoisotopic (exact) mass is 392 g/mol. The fourth-order valence-electron chi connectivity index (χ4n) is 2.45. The van der Waals surface area contributed by atoms with E-state index in [1.807, 2.05) is 6.07 Å². The van der Waals surface area contributed by atoms with Crippen LogP contribution >= 0.6 is 11.6 Å². The van der Waals surface area contributed by atoms with E-state index >= 15 is 0 Å². The number of hydrogen-bond donors (Lipinski definition) is 1. The van der Waals surface area contributed by atoms with E-state index in [9.17, 15) is 8.42 Å². The first-order valence-electron chi connectivity index (χ1n) is 7.62. The number of fused-ring (bicyclic) bond motifs is 1. The van der Waals surface area contributed by atoms with Crippen LogP contribution in [0.3, 0.4) is 0 Å². The van der Waals surface area contributed by atoms with Gasteiger partial charge < -0.3 is 14.0 Å². The van der Waals surface area contributed by atoms with Gasteiger partial charge in [0.05, 0.1) is 11.4 Å². The molecule has 2 heterocycles. The van der Waals surface area contributed by atoms with Gasteiger partial charge in [0.15, 0.2) is 17.3 Å². The maximum Gasteiger partial charge on any atom is 0.240 e. The van der Waals surface area contributed by atoms with Crippen LogP contribution in [0.2, 0.25) is 5.02 Å². The van der Waals surface area contributed by atoms with Crippen molar-refractivity contribution < 1.29 is 22.4 Å². The fraction of sp³-hybridized carbons (Fsp3) is 0.118. The molecule has 7 nitrogen and oxygen atoms in total. The van der Waals surface area contributed by atoms with Gasteiger partial charge in [0.1, 0.15) is 5.69 Å². The minimum Gasteiger partial charge on any atom is -0.454 e. The highest BCUT2D eigenvalue weighted by molar-refractivity contribution is 7.89. The van der Waals surface area contributed by atoms with Gasteiger partial charge in [-0.15, -0.1) is 0 Å². The molecule has 0 saturated carbocycles. The Labute approximate surface area is 154 Å². The average molecular weight is 393 g/mol. The van der Waals surface area contributed by atoms with Gasteiger partial charge in [0, 0.05) is 16.7 Å². The number of ether oxygens (including phenoxy) is 2. The number of sulfonamides is 1. The summed E-state index contributed by atoms with van der Waals surface area (Å²) >= 11 is 5.78. The van der Waals surface area contributed by atoms with Crippen LogP contribution in [0.1, 0.15) is 5.76 Å². The Bertz CT molecular complexity index is 1050. The van der Waals surface area contributed by atoms with Crippen LogP contribution in [-0.2, 0) is 16.6 Å². The molecular weight excluding hydrogens is 380 g/mol. The number of hydrogen-bond acceptors (Lipinski definition) is 6. The molecule has 1 N–H and O–H groups in total. The highest BCUT2D eigenvalue weighted by atomic mass is 35.5. The predicted octanol–water partition coefficient (Wildman–Crippen LogP) is 3.20. The molecule has 1 aliphatic rings. The molecule has 1 aromatic heterocycles. The molecule has 0 fully saturated rings. The highest BCUT2D eigenvalue weighted by Gasteiger charge is 2.17. The Kier molecular flexibility index (Phi) is 4.31. The number of nitrogens with one attached hydrogen (secondary N) is 1. The topological polar surface area (TPSA) is 90.7 Å². The quantitative estimate of drug-likeness (QED) is 0.717. The molecule has 9 heteroatoms. The molecule has 134 valence electrons. The lowest BCUT2D eigenvalue weighted by atomic mass is 10.1. The molecule has 2 aromatic carbocycles. The Morgan fingerprint density at radius 1 is 1.04 bits per heavy atom. The van der Waals surface area contributed by atoms with E-state index in [4.69, 9.17) is 25.6 Å². The second-order valence-electron chi connectivity index (χ2n) is 5.52. The minimum atomic E-state index is -3.67. The molecule has 3 aromatic rings. The molecular formula is C17H13ClN2O5S. The maximum absolute atomic E-state index is 12.3. The first kappa shape index (κ1) is 16.9. The van der Waals surface area contributed by atoms with E-state index in [0.29, 0.717) is 28.0 Å². The molecule has 0 atom stereocenters. The SMILES string of the molecule is O=S(=O)(NCc1cc(-c2ccc3c(c2)OCO3)no1)c1ccc(Cl)cc1. The van der Waals surface area contributed by atoms with Gasteiger partial charge in [-0.05, 0) is 42.5 Å². The second kappa shape index (κ2) is 6.64. The number of halogens is 1. The van der Waals surface area contributed by atoms with Crippen LogP contribution in [-0.4, -0.2) is 20.4 Å². The predicted molar refractivity (Wildman–Crippen MR) is 93.5 cm³/mol. The van der Waals surface area contributed by atoms with Crippen molar-refractivity contribution in [2.45, 2.75) is 11.4 Å². The lowest BCUT2D eigenvalue weighted by Gasteiger charge is -2.04. The van der Waals surface area contributed by atoms with Crippen molar-refractivity contribution in [2.75, 3.05) is 6.79 Å². The molecule has 4 rings (SSSR count). The Hall–Kier alpha value is -2.55. The van der Waals surface area contributed by atoms with E-state index in [2.05, 4.69) is 9.88 Å². The van der Waals surface area contributed by atoms with Crippen LogP contribution < -0.4 is 14.2 Å². The summed E-state index contributed by atoms with van der Waals surface area (Å²) in [6.07, 6.45) is 0. The summed E-state index contributed by atoms with van der Waals surface area (Å²) in [7, 11) is -3.67. The minimum absolute atomic E-state index is 0.0253. The van der Waals surface area contributed by atoms with Crippen molar-refractivity contribution in [3.8, 4) is 22.8 Å². The Balaban J connectivity index is 1.48. The van der Waals surface area contributed by atoms with E-state index in [-0.39, 0.29) is 18.2 Å². The number of benzene rings is 2. The van der Waals surface area contributed by atoms with Crippen LogP contribution in [0.4, 0.5) is 0 Å². The summed E-state index contributed by atoms with van der Waals surface area (Å²) in [5.41, 5.74) is 1.36. The van der Waals surface area contributed by atoms with Crippen molar-refractivity contribution in [3.63, 3.8) is 0 Å². The van der Waals surface area contributed by atoms with Gasteiger partial charge in [0.2, 0.25) is 16.8 Å². The third kappa shape index (κ3) is 3.39. The Morgan fingerprint density at radius 3 is 2.62 bits per heavy atom. The van der Waals surface area contributed by atoms with Crippen molar-refractivity contribution in [3.05, 3.63) is 59.3 Å². The summed E-state index contributed by atoms with van der Waals surface area (Å²) in [5.74, 6) is 1.69. The Morgan fingerprint density at radius 2 is 1.81 bits per heavy atom. The zero-order valence-electron chi connectivity index (χ0n) is 13.3. The van der Waals surface area contributed by atoms with E-state index < -0.39 is 10.0 Å². The highest BCUT2D eigenvalue weighted by Crippen LogP contribution is 2.35. The standard InChI is InChI=1S/C17H13ClN2O5S/c18-12-2-4-14(5-3-12)26(21,22)19-9-13-8-15(20-25-13)11-1-6-16-17(7-11)24-10-23-16/h1-8,19H,9-10H2.